The Kier molecular flexibility index (Phi) is 7.39. The summed E-state index contributed by atoms with van der Waals surface area (Å²) < 4.78 is 9.40. The zero-order chi connectivity index (χ0) is 36.3. The van der Waals surface area contributed by atoms with Gasteiger partial charge in [0.1, 0.15) is 5.58 Å². The van der Waals surface area contributed by atoms with E-state index in [2.05, 4.69) is 199 Å². The summed E-state index contributed by atoms with van der Waals surface area (Å²) in [4.78, 5) is 2.41. The largest absolute Gasteiger partial charge is 0.454 e. The zero-order valence-electron chi connectivity index (χ0n) is 29.8. The maximum absolute atomic E-state index is 6.79. The normalized spacial score (nSPS) is 11.6. The van der Waals surface area contributed by atoms with Gasteiger partial charge in [0.25, 0.3) is 0 Å². The summed E-state index contributed by atoms with van der Waals surface area (Å²) >= 11 is 1.87. The lowest BCUT2D eigenvalue weighted by Crippen LogP contribution is -2.12. The van der Waals surface area contributed by atoms with Crippen molar-refractivity contribution in [3.63, 3.8) is 0 Å². The number of furan rings is 1. The second kappa shape index (κ2) is 12.9. The van der Waals surface area contributed by atoms with Crippen LogP contribution in [0.4, 0.5) is 17.1 Å². The van der Waals surface area contributed by atoms with Gasteiger partial charge in [-0.2, -0.15) is 0 Å². The molecule has 3 heteroatoms. The molecule has 0 radical (unpaired) electrons. The van der Waals surface area contributed by atoms with E-state index in [1.807, 2.05) is 17.4 Å². The van der Waals surface area contributed by atoms with Gasteiger partial charge in [-0.05, 0) is 75.0 Å². The van der Waals surface area contributed by atoms with Crippen molar-refractivity contribution in [2.24, 2.45) is 0 Å². The number of benzene rings is 9. The standard InChI is InChI=1S/C52H33NOS/c1-2-14-35(15-3-1)41-31-30-37(40-23-11-17-34-16-4-5-20-39(34)40)33-48(41)53(47-27-13-25-45-43-21-6-8-28-49(43)54-51(45)47)38-19-10-18-36(32-38)42-24-12-26-46-44-22-7-9-29-50(44)55-52(42)46/h1-33H. The quantitative estimate of drug-likeness (QED) is 0.170. The van der Waals surface area contributed by atoms with Crippen LogP contribution in [0.5, 0.6) is 0 Å². The Morgan fingerprint density at radius 2 is 1.04 bits per heavy atom. The Balaban J connectivity index is 1.21. The first-order valence-electron chi connectivity index (χ1n) is 18.7. The Bertz CT molecular complexity index is 3220. The molecule has 0 bridgehead atoms. The molecule has 0 unspecified atom stereocenters. The van der Waals surface area contributed by atoms with Gasteiger partial charge in [0.15, 0.2) is 5.58 Å². The third-order valence-corrected chi connectivity index (χ3v) is 12.1. The number of para-hydroxylation sites is 2. The first-order chi connectivity index (χ1) is 27.3. The third-order valence-electron chi connectivity index (χ3n) is 10.9. The minimum Gasteiger partial charge on any atom is -0.454 e. The van der Waals surface area contributed by atoms with Crippen LogP contribution in [-0.4, -0.2) is 0 Å². The summed E-state index contributed by atoms with van der Waals surface area (Å²) in [5.74, 6) is 0. The molecule has 0 saturated heterocycles. The van der Waals surface area contributed by atoms with Gasteiger partial charge < -0.3 is 9.32 Å². The summed E-state index contributed by atoms with van der Waals surface area (Å²) in [5.41, 5.74) is 11.9. The van der Waals surface area contributed by atoms with Crippen LogP contribution >= 0.6 is 11.3 Å². The molecule has 2 heterocycles. The Labute approximate surface area is 322 Å². The second-order valence-corrected chi connectivity index (χ2v) is 15.1. The Morgan fingerprint density at radius 1 is 0.382 bits per heavy atom. The van der Waals surface area contributed by atoms with Gasteiger partial charge in [0, 0.05) is 42.2 Å². The number of rotatable bonds is 6. The lowest BCUT2D eigenvalue weighted by molar-refractivity contribution is 0.669. The van der Waals surface area contributed by atoms with Gasteiger partial charge in [-0.25, -0.2) is 0 Å². The fourth-order valence-corrected chi connectivity index (χ4v) is 9.56. The van der Waals surface area contributed by atoms with Crippen LogP contribution in [0.1, 0.15) is 0 Å². The molecule has 11 rings (SSSR count). The van der Waals surface area contributed by atoms with Crippen LogP contribution < -0.4 is 4.90 Å². The molecule has 0 saturated carbocycles. The van der Waals surface area contributed by atoms with Crippen LogP contribution in [0.3, 0.4) is 0 Å². The molecular weight excluding hydrogens is 687 g/mol. The van der Waals surface area contributed by atoms with Crippen molar-refractivity contribution in [2.45, 2.75) is 0 Å². The van der Waals surface area contributed by atoms with E-state index in [1.54, 1.807) is 0 Å². The molecule has 0 amide bonds. The fourth-order valence-electron chi connectivity index (χ4n) is 8.33. The average Bonchev–Trinajstić information content (AvgIpc) is 3.83. The monoisotopic (exact) mass is 719 g/mol. The molecule has 0 aliphatic carbocycles. The van der Waals surface area contributed by atoms with Crippen molar-refractivity contribution in [3.8, 4) is 33.4 Å². The zero-order valence-corrected chi connectivity index (χ0v) is 30.6. The highest BCUT2D eigenvalue weighted by atomic mass is 32.1. The SMILES string of the molecule is c1ccc(-c2ccc(-c3cccc4ccccc34)cc2N(c2cccc(-c3cccc4c3sc3ccccc34)c2)c2cccc3c2oc2ccccc23)cc1. The van der Waals surface area contributed by atoms with Gasteiger partial charge in [0.05, 0.1) is 11.4 Å². The van der Waals surface area contributed by atoms with Crippen molar-refractivity contribution in [3.05, 3.63) is 200 Å². The molecule has 0 aliphatic heterocycles. The smallest absolute Gasteiger partial charge is 0.159 e. The molecule has 0 aliphatic rings. The van der Waals surface area contributed by atoms with Crippen molar-refractivity contribution in [2.75, 3.05) is 4.90 Å². The molecule has 0 atom stereocenters. The maximum Gasteiger partial charge on any atom is 0.159 e. The van der Waals surface area contributed by atoms with Crippen molar-refractivity contribution >= 4 is 81.3 Å². The molecule has 9 aromatic carbocycles. The Hall–Kier alpha value is -6.94. The average molecular weight is 720 g/mol. The third kappa shape index (κ3) is 5.24. The minimum atomic E-state index is 0.857. The molecular formula is C52H33NOS. The van der Waals surface area contributed by atoms with E-state index in [9.17, 15) is 0 Å². The molecule has 2 nitrogen and oxygen atoms in total. The molecule has 55 heavy (non-hydrogen) atoms. The van der Waals surface area contributed by atoms with E-state index in [0.29, 0.717) is 0 Å². The van der Waals surface area contributed by atoms with Crippen LogP contribution in [0, 0.1) is 0 Å². The van der Waals surface area contributed by atoms with E-state index in [4.69, 9.17) is 4.42 Å². The summed E-state index contributed by atoms with van der Waals surface area (Å²) in [5, 5.41) is 7.25. The van der Waals surface area contributed by atoms with E-state index in [0.717, 1.165) is 55.7 Å². The number of hydrogen-bond acceptors (Lipinski definition) is 3. The highest BCUT2D eigenvalue weighted by molar-refractivity contribution is 7.26. The van der Waals surface area contributed by atoms with Gasteiger partial charge in [-0.1, -0.05) is 164 Å². The van der Waals surface area contributed by atoms with Gasteiger partial charge in [-0.3, -0.25) is 0 Å². The number of fused-ring (bicyclic) bond motifs is 7. The molecule has 11 aromatic rings. The predicted octanol–water partition coefficient (Wildman–Crippen LogP) is 15.6. The Morgan fingerprint density at radius 3 is 1.96 bits per heavy atom. The number of anilines is 3. The molecule has 0 N–H and O–H groups in total. The molecule has 258 valence electrons. The molecule has 2 aromatic heterocycles. The first kappa shape index (κ1) is 31.6. The van der Waals surface area contributed by atoms with Crippen LogP contribution in [0.15, 0.2) is 205 Å². The predicted molar refractivity (Wildman–Crippen MR) is 235 cm³/mol. The number of hydrogen-bond donors (Lipinski definition) is 0. The highest BCUT2D eigenvalue weighted by Crippen LogP contribution is 2.48. The lowest BCUT2D eigenvalue weighted by atomic mass is 9.94. The fraction of sp³-hybridized carbons (Fsp3) is 0. The molecule has 0 spiro atoms. The van der Waals surface area contributed by atoms with Gasteiger partial charge in [0.2, 0.25) is 0 Å². The topological polar surface area (TPSA) is 16.4 Å². The van der Waals surface area contributed by atoms with Crippen LogP contribution in [0.25, 0.3) is 86.3 Å². The maximum atomic E-state index is 6.79. The summed E-state index contributed by atoms with van der Waals surface area (Å²) in [6.45, 7) is 0. The summed E-state index contributed by atoms with van der Waals surface area (Å²) in [6, 6.07) is 72.2. The number of thiophene rings is 1. The minimum absolute atomic E-state index is 0.857. The highest BCUT2D eigenvalue weighted by Gasteiger charge is 2.24. The van der Waals surface area contributed by atoms with E-state index in [1.165, 1.54) is 47.6 Å². The van der Waals surface area contributed by atoms with Crippen molar-refractivity contribution in [1.29, 1.82) is 0 Å². The molecule has 0 fully saturated rings. The number of nitrogens with zero attached hydrogens (tertiary/aromatic N) is 1. The van der Waals surface area contributed by atoms with Gasteiger partial charge in [-0.15, -0.1) is 11.3 Å². The summed E-state index contributed by atoms with van der Waals surface area (Å²) in [6.07, 6.45) is 0. The first-order valence-corrected chi connectivity index (χ1v) is 19.5. The van der Waals surface area contributed by atoms with E-state index >= 15 is 0 Å². The van der Waals surface area contributed by atoms with Crippen molar-refractivity contribution in [1.82, 2.24) is 0 Å². The summed E-state index contributed by atoms with van der Waals surface area (Å²) in [7, 11) is 0. The van der Waals surface area contributed by atoms with Gasteiger partial charge >= 0.3 is 0 Å². The lowest BCUT2D eigenvalue weighted by Gasteiger charge is -2.29. The van der Waals surface area contributed by atoms with E-state index in [-0.39, 0.29) is 0 Å². The van der Waals surface area contributed by atoms with Crippen molar-refractivity contribution < 1.29 is 4.42 Å². The van der Waals surface area contributed by atoms with E-state index < -0.39 is 0 Å². The van der Waals surface area contributed by atoms with Crippen LogP contribution in [0.2, 0.25) is 0 Å². The second-order valence-electron chi connectivity index (χ2n) is 14.0. The van der Waals surface area contributed by atoms with Crippen LogP contribution in [-0.2, 0) is 0 Å².